The number of hydrogen-bond donors (Lipinski definition) is 0. The Morgan fingerprint density at radius 2 is 2.07 bits per heavy atom. The molecule has 0 N–H and O–H groups in total. The summed E-state index contributed by atoms with van der Waals surface area (Å²) in [5.74, 6) is 0.426. The molecule has 0 aliphatic heterocycles. The highest BCUT2D eigenvalue weighted by Gasteiger charge is 2.11. The van der Waals surface area contributed by atoms with Crippen molar-refractivity contribution in [3.63, 3.8) is 0 Å². The van der Waals surface area contributed by atoms with Gasteiger partial charge in [-0.2, -0.15) is 0 Å². The van der Waals surface area contributed by atoms with Crippen LogP contribution in [0.15, 0.2) is 18.2 Å². The van der Waals surface area contributed by atoms with E-state index in [2.05, 4.69) is 0 Å². The van der Waals surface area contributed by atoms with Gasteiger partial charge in [0.05, 0.1) is 5.02 Å². The number of Topliss-reactive ketones (excluding diaryl/α,β-unsaturated/α-hetero) is 1. The smallest absolute Gasteiger partial charge is 0.169 e. The van der Waals surface area contributed by atoms with Crippen LogP contribution in [0.2, 0.25) is 10.0 Å². The topological polar surface area (TPSA) is 26.3 Å². The van der Waals surface area contributed by atoms with Crippen LogP contribution in [-0.4, -0.2) is 11.9 Å². The zero-order valence-electron chi connectivity index (χ0n) is 7.88. The molecule has 0 radical (unpaired) electrons. The number of benzene rings is 1. The lowest BCUT2D eigenvalue weighted by atomic mass is 10.3. The molecule has 1 aromatic rings. The maximum Gasteiger partial charge on any atom is 0.169 e. The summed E-state index contributed by atoms with van der Waals surface area (Å²) in [6, 6.07) is 4.88. The first kappa shape index (κ1) is 11.3. The Labute approximate surface area is 92.8 Å². The van der Waals surface area contributed by atoms with Gasteiger partial charge in [-0.1, -0.05) is 23.2 Å². The van der Waals surface area contributed by atoms with Crippen molar-refractivity contribution in [1.29, 1.82) is 0 Å². The van der Waals surface area contributed by atoms with Crippen LogP contribution in [0.25, 0.3) is 0 Å². The normalized spacial score (nSPS) is 12.3. The van der Waals surface area contributed by atoms with Crippen LogP contribution in [0, 0.1) is 0 Å². The molecule has 0 fully saturated rings. The second-order valence-corrected chi connectivity index (χ2v) is 3.79. The third-order valence-electron chi connectivity index (χ3n) is 1.77. The molecule has 1 atom stereocenters. The fourth-order valence-electron chi connectivity index (χ4n) is 0.844. The van der Waals surface area contributed by atoms with E-state index >= 15 is 0 Å². The first-order valence-corrected chi connectivity index (χ1v) is 4.88. The van der Waals surface area contributed by atoms with Crippen molar-refractivity contribution in [1.82, 2.24) is 0 Å². The summed E-state index contributed by atoms with van der Waals surface area (Å²) in [5.41, 5.74) is 0. The molecule has 0 aromatic heterocycles. The van der Waals surface area contributed by atoms with E-state index < -0.39 is 6.10 Å². The van der Waals surface area contributed by atoms with Crippen molar-refractivity contribution < 1.29 is 9.53 Å². The number of ketones is 1. The van der Waals surface area contributed by atoms with Gasteiger partial charge in [-0.15, -0.1) is 0 Å². The molecule has 0 spiro atoms. The highest BCUT2D eigenvalue weighted by Crippen LogP contribution is 2.28. The van der Waals surface area contributed by atoms with Crippen LogP contribution < -0.4 is 4.74 Å². The molecule has 4 heteroatoms. The lowest BCUT2D eigenvalue weighted by Gasteiger charge is -2.12. The Morgan fingerprint density at radius 1 is 1.43 bits per heavy atom. The number of ether oxygens (including phenoxy) is 1. The van der Waals surface area contributed by atoms with Crippen LogP contribution in [0.3, 0.4) is 0 Å². The summed E-state index contributed by atoms with van der Waals surface area (Å²) in [4.78, 5) is 10.9. The lowest BCUT2D eigenvalue weighted by molar-refractivity contribution is -0.122. The first-order valence-electron chi connectivity index (χ1n) is 4.13. The number of carbonyl (C=O) groups excluding carboxylic acids is 1. The van der Waals surface area contributed by atoms with Gasteiger partial charge in [0.2, 0.25) is 0 Å². The zero-order chi connectivity index (χ0) is 10.7. The summed E-state index contributed by atoms with van der Waals surface area (Å²) in [7, 11) is 0. The average molecular weight is 233 g/mol. The molecule has 0 saturated carbocycles. The summed E-state index contributed by atoms with van der Waals surface area (Å²) in [6.45, 7) is 3.14. The lowest BCUT2D eigenvalue weighted by Crippen LogP contribution is -2.20. The summed E-state index contributed by atoms with van der Waals surface area (Å²) < 4.78 is 5.32. The predicted molar refractivity (Wildman–Crippen MR) is 57.2 cm³/mol. The van der Waals surface area contributed by atoms with Gasteiger partial charge in [0.25, 0.3) is 0 Å². The second-order valence-electron chi connectivity index (χ2n) is 2.95. The van der Waals surface area contributed by atoms with Crippen molar-refractivity contribution in [3.05, 3.63) is 28.2 Å². The maximum absolute atomic E-state index is 10.9. The summed E-state index contributed by atoms with van der Waals surface area (Å²) >= 11 is 11.6. The fraction of sp³-hybridized carbons (Fsp3) is 0.300. The minimum atomic E-state index is -0.492. The first-order chi connectivity index (χ1) is 6.50. The summed E-state index contributed by atoms with van der Waals surface area (Å²) in [6.07, 6.45) is -0.492. The van der Waals surface area contributed by atoms with Gasteiger partial charge >= 0.3 is 0 Å². The van der Waals surface area contributed by atoms with Crippen molar-refractivity contribution in [2.75, 3.05) is 0 Å². The monoisotopic (exact) mass is 232 g/mol. The Morgan fingerprint density at radius 3 is 2.57 bits per heavy atom. The molecule has 1 aromatic carbocycles. The minimum Gasteiger partial charge on any atom is -0.481 e. The van der Waals surface area contributed by atoms with Crippen LogP contribution >= 0.6 is 23.2 Å². The van der Waals surface area contributed by atoms with Crippen molar-refractivity contribution in [2.45, 2.75) is 20.0 Å². The van der Waals surface area contributed by atoms with Crippen LogP contribution in [0.4, 0.5) is 0 Å². The molecule has 0 heterocycles. The molecule has 0 aliphatic rings. The van der Waals surface area contributed by atoms with Gasteiger partial charge in [-0.3, -0.25) is 4.79 Å². The Kier molecular flexibility index (Phi) is 3.78. The van der Waals surface area contributed by atoms with E-state index in [4.69, 9.17) is 27.9 Å². The fourth-order valence-corrected chi connectivity index (χ4v) is 1.30. The van der Waals surface area contributed by atoms with Gasteiger partial charge in [0.15, 0.2) is 11.9 Å². The highest BCUT2D eigenvalue weighted by molar-refractivity contribution is 6.35. The van der Waals surface area contributed by atoms with Gasteiger partial charge in [-0.25, -0.2) is 0 Å². The maximum atomic E-state index is 10.9. The molecule has 1 unspecified atom stereocenters. The number of rotatable bonds is 3. The molecule has 0 amide bonds. The number of hydrogen-bond acceptors (Lipinski definition) is 2. The Balaban J connectivity index is 2.82. The van der Waals surface area contributed by atoms with Crippen molar-refractivity contribution in [2.24, 2.45) is 0 Å². The summed E-state index contributed by atoms with van der Waals surface area (Å²) in [5, 5.41) is 0.948. The van der Waals surface area contributed by atoms with Crippen molar-refractivity contribution >= 4 is 29.0 Å². The van der Waals surface area contributed by atoms with E-state index in [0.29, 0.717) is 15.8 Å². The molecular weight excluding hydrogens is 223 g/mol. The van der Waals surface area contributed by atoms with Crippen molar-refractivity contribution in [3.8, 4) is 5.75 Å². The quantitative estimate of drug-likeness (QED) is 0.800. The van der Waals surface area contributed by atoms with Gasteiger partial charge in [0, 0.05) is 5.02 Å². The zero-order valence-corrected chi connectivity index (χ0v) is 9.39. The highest BCUT2D eigenvalue weighted by atomic mass is 35.5. The van der Waals surface area contributed by atoms with Gasteiger partial charge in [0.1, 0.15) is 5.75 Å². The van der Waals surface area contributed by atoms with Gasteiger partial charge in [-0.05, 0) is 32.0 Å². The molecule has 0 saturated heterocycles. The minimum absolute atomic E-state index is 0.0454. The van der Waals surface area contributed by atoms with E-state index in [0.717, 1.165) is 0 Å². The molecule has 1 rings (SSSR count). The molecule has 2 nitrogen and oxygen atoms in total. The number of halogens is 2. The van der Waals surface area contributed by atoms with E-state index in [1.807, 2.05) is 0 Å². The van der Waals surface area contributed by atoms with Crippen LogP contribution in [-0.2, 0) is 4.79 Å². The number of carbonyl (C=O) groups is 1. The predicted octanol–water partition coefficient (Wildman–Crippen LogP) is 3.35. The second kappa shape index (κ2) is 4.67. The standard InChI is InChI=1S/C10H10Cl2O2/c1-6(13)7(2)14-10-4-3-8(11)5-9(10)12/h3-5,7H,1-2H3. The molecular formula is C10H10Cl2O2. The Bertz CT molecular complexity index is 350. The molecule has 14 heavy (non-hydrogen) atoms. The largest absolute Gasteiger partial charge is 0.481 e. The van der Waals surface area contributed by atoms with E-state index in [9.17, 15) is 4.79 Å². The van der Waals surface area contributed by atoms with E-state index in [1.165, 1.54) is 6.92 Å². The Hall–Kier alpha value is -0.730. The molecule has 0 aliphatic carbocycles. The third-order valence-corrected chi connectivity index (χ3v) is 2.30. The SMILES string of the molecule is CC(=O)C(C)Oc1ccc(Cl)cc1Cl. The third kappa shape index (κ3) is 2.89. The van der Waals surface area contributed by atoms with E-state index in [1.54, 1.807) is 25.1 Å². The van der Waals surface area contributed by atoms with E-state index in [-0.39, 0.29) is 5.78 Å². The van der Waals surface area contributed by atoms with Gasteiger partial charge < -0.3 is 4.74 Å². The van der Waals surface area contributed by atoms with Crippen LogP contribution in [0.1, 0.15) is 13.8 Å². The van der Waals surface area contributed by atoms with Crippen LogP contribution in [0.5, 0.6) is 5.75 Å². The average Bonchev–Trinajstić information content (AvgIpc) is 2.09. The molecule has 0 bridgehead atoms. The molecule has 76 valence electrons.